The van der Waals surface area contributed by atoms with Gasteiger partial charge in [-0.2, -0.15) is 5.26 Å². The highest BCUT2D eigenvalue weighted by molar-refractivity contribution is 14.1. The van der Waals surface area contributed by atoms with E-state index in [1.807, 2.05) is 6.07 Å². The highest BCUT2D eigenvalue weighted by Gasteiger charge is 1.99. The Hall–Kier alpha value is -0.760. The van der Waals surface area contributed by atoms with Gasteiger partial charge in [-0.3, -0.25) is 0 Å². The first-order valence-corrected chi connectivity index (χ1v) is 4.58. The third kappa shape index (κ3) is 1.84. The Bertz CT molecular complexity index is 303. The zero-order valence-electron chi connectivity index (χ0n) is 5.71. The summed E-state index contributed by atoms with van der Waals surface area (Å²) in [5.74, 6) is 0.207. The van der Waals surface area contributed by atoms with Gasteiger partial charge in [-0.1, -0.05) is 28.7 Å². The lowest BCUT2D eigenvalue weighted by atomic mass is 10.1. The fraction of sp³-hybridized carbons (Fsp3) is 0.125. The normalized spacial score (nSPS) is 9.09. The molecule has 0 atom stereocenters. The maximum atomic E-state index is 9.27. The molecular weight excluding hydrogens is 253 g/mol. The third-order valence-electron chi connectivity index (χ3n) is 1.36. The van der Waals surface area contributed by atoms with Crippen molar-refractivity contribution in [3.05, 3.63) is 29.3 Å². The Labute approximate surface area is 78.6 Å². The van der Waals surface area contributed by atoms with E-state index in [1.165, 1.54) is 6.07 Å². The van der Waals surface area contributed by atoms with E-state index in [1.54, 1.807) is 12.1 Å². The monoisotopic (exact) mass is 259 g/mol. The average molecular weight is 259 g/mol. The van der Waals surface area contributed by atoms with E-state index in [2.05, 4.69) is 22.6 Å². The summed E-state index contributed by atoms with van der Waals surface area (Å²) in [6, 6.07) is 6.90. The molecule has 0 aliphatic carbocycles. The molecule has 0 saturated carbocycles. The van der Waals surface area contributed by atoms with Gasteiger partial charge in [-0.05, 0) is 12.1 Å². The molecule has 2 nitrogen and oxygen atoms in total. The molecule has 1 rings (SSSR count). The molecule has 0 aromatic heterocycles. The SMILES string of the molecule is N#Cc1ccc(CI)c(O)c1. The van der Waals surface area contributed by atoms with Gasteiger partial charge in [0.1, 0.15) is 5.75 Å². The number of alkyl halides is 1. The van der Waals surface area contributed by atoms with E-state index in [9.17, 15) is 5.11 Å². The summed E-state index contributed by atoms with van der Waals surface area (Å²) in [6.07, 6.45) is 0. The fourth-order valence-corrected chi connectivity index (χ4v) is 1.39. The van der Waals surface area contributed by atoms with Crippen molar-refractivity contribution in [3.63, 3.8) is 0 Å². The number of hydrogen-bond donors (Lipinski definition) is 1. The lowest BCUT2D eigenvalue weighted by Gasteiger charge is -1.98. The molecule has 0 aliphatic heterocycles. The Morgan fingerprint density at radius 3 is 2.73 bits per heavy atom. The molecule has 1 N–H and O–H groups in total. The van der Waals surface area contributed by atoms with Gasteiger partial charge in [0, 0.05) is 9.99 Å². The number of benzene rings is 1. The Balaban J connectivity index is 3.12. The van der Waals surface area contributed by atoms with Crippen molar-refractivity contribution in [2.24, 2.45) is 0 Å². The standard InChI is InChI=1S/C8H6INO/c9-4-7-2-1-6(5-10)3-8(7)11/h1-3,11H,4H2. The van der Waals surface area contributed by atoms with E-state index in [0.29, 0.717) is 5.56 Å². The van der Waals surface area contributed by atoms with Crippen LogP contribution in [0.25, 0.3) is 0 Å². The zero-order valence-corrected chi connectivity index (χ0v) is 7.87. The molecule has 0 aliphatic rings. The number of nitriles is 1. The van der Waals surface area contributed by atoms with Crippen molar-refractivity contribution in [2.75, 3.05) is 0 Å². The van der Waals surface area contributed by atoms with E-state index in [4.69, 9.17) is 5.26 Å². The number of phenolic OH excluding ortho intramolecular Hbond substituents is 1. The molecule has 56 valence electrons. The minimum absolute atomic E-state index is 0.207. The zero-order chi connectivity index (χ0) is 8.27. The first-order chi connectivity index (χ1) is 5.27. The van der Waals surface area contributed by atoms with E-state index < -0.39 is 0 Å². The quantitative estimate of drug-likeness (QED) is 0.620. The Morgan fingerprint density at radius 1 is 1.55 bits per heavy atom. The predicted molar refractivity (Wildman–Crippen MR) is 50.5 cm³/mol. The van der Waals surface area contributed by atoms with Crippen molar-refractivity contribution in [1.82, 2.24) is 0 Å². The van der Waals surface area contributed by atoms with Crippen molar-refractivity contribution < 1.29 is 5.11 Å². The second-order valence-electron chi connectivity index (χ2n) is 2.09. The number of nitrogens with zero attached hydrogens (tertiary/aromatic N) is 1. The molecule has 0 saturated heterocycles. The molecule has 3 heteroatoms. The van der Waals surface area contributed by atoms with Crippen molar-refractivity contribution in [2.45, 2.75) is 4.43 Å². The molecule has 11 heavy (non-hydrogen) atoms. The van der Waals surface area contributed by atoms with Crippen LogP contribution in [0.5, 0.6) is 5.75 Å². The largest absolute Gasteiger partial charge is 0.508 e. The van der Waals surface area contributed by atoms with Crippen molar-refractivity contribution >= 4 is 22.6 Å². The van der Waals surface area contributed by atoms with Crippen LogP contribution in [0, 0.1) is 11.3 Å². The van der Waals surface area contributed by atoms with Crippen LogP contribution in [0.2, 0.25) is 0 Å². The van der Waals surface area contributed by atoms with Crippen LogP contribution in [0.15, 0.2) is 18.2 Å². The van der Waals surface area contributed by atoms with E-state index in [0.717, 1.165) is 9.99 Å². The highest BCUT2D eigenvalue weighted by atomic mass is 127. The Kier molecular flexibility index (Phi) is 2.71. The minimum Gasteiger partial charge on any atom is -0.508 e. The summed E-state index contributed by atoms with van der Waals surface area (Å²) in [7, 11) is 0. The van der Waals surface area contributed by atoms with Crippen molar-refractivity contribution in [1.29, 1.82) is 5.26 Å². The molecule has 0 spiro atoms. The maximum Gasteiger partial charge on any atom is 0.120 e. The van der Waals surface area contributed by atoms with Crippen LogP contribution >= 0.6 is 22.6 Å². The second kappa shape index (κ2) is 3.58. The third-order valence-corrected chi connectivity index (χ3v) is 2.18. The van der Waals surface area contributed by atoms with Crippen LogP contribution in [0.4, 0.5) is 0 Å². The summed E-state index contributed by atoms with van der Waals surface area (Å²) in [5, 5.41) is 17.7. The summed E-state index contributed by atoms with van der Waals surface area (Å²) < 4.78 is 0.759. The number of halogens is 1. The molecule has 0 heterocycles. The molecule has 0 unspecified atom stereocenters. The molecule has 0 fully saturated rings. The summed E-state index contributed by atoms with van der Waals surface area (Å²) >= 11 is 2.16. The summed E-state index contributed by atoms with van der Waals surface area (Å²) in [4.78, 5) is 0. The molecular formula is C8H6INO. The summed E-state index contributed by atoms with van der Waals surface area (Å²) in [6.45, 7) is 0. The smallest absolute Gasteiger partial charge is 0.120 e. The fourth-order valence-electron chi connectivity index (χ4n) is 0.746. The molecule has 0 radical (unpaired) electrons. The van der Waals surface area contributed by atoms with Crippen molar-refractivity contribution in [3.8, 4) is 11.8 Å². The van der Waals surface area contributed by atoms with Gasteiger partial charge in [0.2, 0.25) is 0 Å². The number of rotatable bonds is 1. The molecule has 1 aromatic carbocycles. The van der Waals surface area contributed by atoms with Gasteiger partial charge < -0.3 is 5.11 Å². The molecule has 0 bridgehead atoms. The second-order valence-corrected chi connectivity index (χ2v) is 2.85. The van der Waals surface area contributed by atoms with E-state index in [-0.39, 0.29) is 5.75 Å². The van der Waals surface area contributed by atoms with Gasteiger partial charge in [0.15, 0.2) is 0 Å². The topological polar surface area (TPSA) is 44.0 Å². The van der Waals surface area contributed by atoms with Gasteiger partial charge in [0.25, 0.3) is 0 Å². The van der Waals surface area contributed by atoms with E-state index >= 15 is 0 Å². The first kappa shape index (κ1) is 8.34. The molecule has 0 amide bonds. The van der Waals surface area contributed by atoms with Gasteiger partial charge in [0.05, 0.1) is 11.6 Å². The number of aromatic hydroxyl groups is 1. The number of hydrogen-bond acceptors (Lipinski definition) is 2. The predicted octanol–water partition coefficient (Wildman–Crippen LogP) is 2.20. The van der Waals surface area contributed by atoms with Crippen LogP contribution in [-0.4, -0.2) is 5.11 Å². The van der Waals surface area contributed by atoms with Crippen LogP contribution in [0.1, 0.15) is 11.1 Å². The maximum absolute atomic E-state index is 9.27. The minimum atomic E-state index is 0.207. The highest BCUT2D eigenvalue weighted by Crippen LogP contribution is 2.20. The van der Waals surface area contributed by atoms with Crippen LogP contribution < -0.4 is 0 Å². The summed E-state index contributed by atoms with van der Waals surface area (Å²) in [5.41, 5.74) is 1.36. The Morgan fingerprint density at radius 2 is 2.27 bits per heavy atom. The van der Waals surface area contributed by atoms with Gasteiger partial charge in [-0.15, -0.1) is 0 Å². The number of phenols is 1. The van der Waals surface area contributed by atoms with Gasteiger partial charge in [-0.25, -0.2) is 0 Å². The first-order valence-electron chi connectivity index (χ1n) is 3.06. The molecule has 1 aromatic rings. The lowest BCUT2D eigenvalue weighted by molar-refractivity contribution is 0.471. The lowest BCUT2D eigenvalue weighted by Crippen LogP contribution is -1.80. The van der Waals surface area contributed by atoms with Crippen LogP contribution in [0.3, 0.4) is 0 Å². The van der Waals surface area contributed by atoms with Gasteiger partial charge >= 0.3 is 0 Å². The average Bonchev–Trinajstić information content (AvgIpc) is 2.04. The van der Waals surface area contributed by atoms with Crippen LogP contribution in [-0.2, 0) is 4.43 Å².